The normalized spacial score (nSPS) is 9.79. The van der Waals surface area contributed by atoms with Crippen molar-refractivity contribution in [2.45, 2.75) is 84.5 Å². The smallest absolute Gasteiger partial charge is 0.220 e. The minimum Gasteiger partial charge on any atom is -0.355 e. The molecule has 110 valence electrons. The summed E-state index contributed by atoms with van der Waals surface area (Å²) >= 11 is 0. The van der Waals surface area contributed by atoms with Gasteiger partial charge in [-0.15, -0.1) is 11.8 Å². The van der Waals surface area contributed by atoms with E-state index in [4.69, 9.17) is 0 Å². The lowest BCUT2D eigenvalue weighted by atomic mass is 10.1. The van der Waals surface area contributed by atoms with Crippen LogP contribution in [0.5, 0.6) is 0 Å². The molecular formula is C17H31NO. The predicted molar refractivity (Wildman–Crippen MR) is 82.9 cm³/mol. The topological polar surface area (TPSA) is 29.1 Å². The second-order valence-corrected chi connectivity index (χ2v) is 5.11. The molecule has 0 saturated carbocycles. The fraction of sp³-hybridized carbons (Fsp3) is 0.824. The molecule has 0 aromatic heterocycles. The van der Waals surface area contributed by atoms with Crippen LogP contribution in [0.25, 0.3) is 0 Å². The third-order valence-electron chi connectivity index (χ3n) is 3.26. The van der Waals surface area contributed by atoms with Crippen LogP contribution in [0.15, 0.2) is 0 Å². The minimum atomic E-state index is 0.181. The van der Waals surface area contributed by atoms with Crippen molar-refractivity contribution >= 4 is 5.91 Å². The van der Waals surface area contributed by atoms with Gasteiger partial charge >= 0.3 is 0 Å². The molecule has 2 nitrogen and oxygen atoms in total. The average Bonchev–Trinajstić information content (AvgIpc) is 2.42. The van der Waals surface area contributed by atoms with E-state index in [1.54, 1.807) is 0 Å². The van der Waals surface area contributed by atoms with Crippen molar-refractivity contribution in [3.8, 4) is 11.8 Å². The van der Waals surface area contributed by atoms with Crippen molar-refractivity contribution in [1.82, 2.24) is 5.32 Å². The Hall–Kier alpha value is -0.970. The molecule has 0 aromatic rings. The molecule has 0 rings (SSSR count). The first-order valence-corrected chi connectivity index (χ1v) is 7.97. The molecule has 0 aliphatic rings. The summed E-state index contributed by atoms with van der Waals surface area (Å²) in [7, 11) is 0. The molecule has 0 fully saturated rings. The van der Waals surface area contributed by atoms with E-state index in [0.29, 0.717) is 13.0 Å². The van der Waals surface area contributed by atoms with Crippen molar-refractivity contribution in [3.05, 3.63) is 0 Å². The molecule has 2 heteroatoms. The molecule has 0 aromatic carbocycles. The summed E-state index contributed by atoms with van der Waals surface area (Å²) in [5, 5.41) is 2.90. The van der Waals surface area contributed by atoms with E-state index in [9.17, 15) is 4.79 Å². The summed E-state index contributed by atoms with van der Waals surface area (Å²) in [6.07, 6.45) is 13.1. The van der Waals surface area contributed by atoms with Crippen LogP contribution < -0.4 is 5.32 Å². The number of carbonyl (C=O) groups is 1. The van der Waals surface area contributed by atoms with Crippen LogP contribution >= 0.6 is 0 Å². The van der Waals surface area contributed by atoms with E-state index in [1.165, 1.54) is 51.4 Å². The Morgan fingerprint density at radius 2 is 1.53 bits per heavy atom. The highest BCUT2D eigenvalue weighted by atomic mass is 16.1. The standard InChI is InChI=1S/C17H31NO/c1-3-5-7-8-9-10-11-12-13-15-17(19)18-16-14-6-4-2/h3,5,7-16H2,1-2H3,(H,18,19). The Morgan fingerprint density at radius 3 is 2.11 bits per heavy atom. The Kier molecular flexibility index (Phi) is 14.3. The van der Waals surface area contributed by atoms with Gasteiger partial charge in [0.2, 0.25) is 5.91 Å². The SMILES string of the molecule is CC#CCCNC(=O)CCCCCCCCCCC. The molecule has 0 spiro atoms. The molecule has 1 N–H and O–H groups in total. The number of amides is 1. The molecule has 0 bridgehead atoms. The summed E-state index contributed by atoms with van der Waals surface area (Å²) < 4.78 is 0. The summed E-state index contributed by atoms with van der Waals surface area (Å²) in [6, 6.07) is 0. The number of rotatable bonds is 12. The average molecular weight is 265 g/mol. The lowest BCUT2D eigenvalue weighted by Gasteiger charge is -2.03. The molecule has 0 aliphatic carbocycles. The molecule has 0 atom stereocenters. The van der Waals surface area contributed by atoms with Gasteiger partial charge in [0, 0.05) is 19.4 Å². The largest absolute Gasteiger partial charge is 0.355 e. The Bertz CT molecular complexity index is 262. The van der Waals surface area contributed by atoms with Gasteiger partial charge < -0.3 is 5.32 Å². The van der Waals surface area contributed by atoms with Crippen LogP contribution in [0.3, 0.4) is 0 Å². The number of hydrogen-bond acceptors (Lipinski definition) is 1. The van der Waals surface area contributed by atoms with E-state index < -0.39 is 0 Å². The van der Waals surface area contributed by atoms with Gasteiger partial charge in [0.05, 0.1) is 0 Å². The van der Waals surface area contributed by atoms with Gasteiger partial charge in [0.1, 0.15) is 0 Å². The number of hydrogen-bond donors (Lipinski definition) is 1. The summed E-state index contributed by atoms with van der Waals surface area (Å²) in [5.74, 6) is 5.95. The Balaban J connectivity index is 3.15. The van der Waals surface area contributed by atoms with E-state index in [-0.39, 0.29) is 5.91 Å². The van der Waals surface area contributed by atoms with E-state index >= 15 is 0 Å². The molecular weight excluding hydrogens is 234 g/mol. The van der Waals surface area contributed by atoms with Gasteiger partial charge in [-0.05, 0) is 13.3 Å². The van der Waals surface area contributed by atoms with Crippen molar-refractivity contribution in [3.63, 3.8) is 0 Å². The number of nitrogens with one attached hydrogen (secondary N) is 1. The van der Waals surface area contributed by atoms with Gasteiger partial charge in [0.15, 0.2) is 0 Å². The van der Waals surface area contributed by atoms with Gasteiger partial charge in [-0.1, -0.05) is 58.3 Å². The van der Waals surface area contributed by atoms with Crippen LogP contribution in [-0.4, -0.2) is 12.5 Å². The molecule has 1 amide bonds. The van der Waals surface area contributed by atoms with Gasteiger partial charge in [-0.3, -0.25) is 4.79 Å². The van der Waals surface area contributed by atoms with E-state index in [2.05, 4.69) is 24.1 Å². The molecule has 0 unspecified atom stereocenters. The van der Waals surface area contributed by atoms with Crippen molar-refractivity contribution < 1.29 is 4.79 Å². The molecule has 19 heavy (non-hydrogen) atoms. The second kappa shape index (κ2) is 15.1. The molecule has 0 radical (unpaired) electrons. The number of unbranched alkanes of at least 4 members (excludes halogenated alkanes) is 8. The van der Waals surface area contributed by atoms with Crippen LogP contribution in [0, 0.1) is 11.8 Å². The van der Waals surface area contributed by atoms with Crippen molar-refractivity contribution in [1.29, 1.82) is 0 Å². The maximum Gasteiger partial charge on any atom is 0.220 e. The monoisotopic (exact) mass is 265 g/mol. The van der Waals surface area contributed by atoms with Crippen LogP contribution in [0.4, 0.5) is 0 Å². The lowest BCUT2D eigenvalue weighted by Crippen LogP contribution is -2.23. The quantitative estimate of drug-likeness (QED) is 0.410. The zero-order chi connectivity index (χ0) is 14.2. The van der Waals surface area contributed by atoms with E-state index in [1.807, 2.05) is 6.92 Å². The zero-order valence-electron chi connectivity index (χ0n) is 12.9. The fourth-order valence-electron chi connectivity index (χ4n) is 2.07. The maximum atomic E-state index is 11.5. The predicted octanol–water partition coefficient (Wildman–Crippen LogP) is 4.44. The van der Waals surface area contributed by atoms with Crippen molar-refractivity contribution in [2.75, 3.05) is 6.54 Å². The molecule has 0 heterocycles. The van der Waals surface area contributed by atoms with Crippen molar-refractivity contribution in [2.24, 2.45) is 0 Å². The first-order chi connectivity index (χ1) is 9.31. The summed E-state index contributed by atoms with van der Waals surface area (Å²) in [4.78, 5) is 11.5. The van der Waals surface area contributed by atoms with E-state index in [0.717, 1.165) is 12.8 Å². The van der Waals surface area contributed by atoms with Crippen LogP contribution in [0.1, 0.15) is 84.5 Å². The molecule has 0 saturated heterocycles. The third kappa shape index (κ3) is 15.0. The highest BCUT2D eigenvalue weighted by Gasteiger charge is 1.99. The van der Waals surface area contributed by atoms with Gasteiger partial charge in [-0.25, -0.2) is 0 Å². The lowest BCUT2D eigenvalue weighted by molar-refractivity contribution is -0.121. The van der Waals surface area contributed by atoms with Crippen LogP contribution in [-0.2, 0) is 4.79 Å². The van der Waals surface area contributed by atoms with Crippen LogP contribution in [0.2, 0.25) is 0 Å². The van der Waals surface area contributed by atoms with Gasteiger partial charge in [0.25, 0.3) is 0 Å². The minimum absolute atomic E-state index is 0.181. The zero-order valence-corrected chi connectivity index (χ0v) is 12.9. The molecule has 0 aliphatic heterocycles. The third-order valence-corrected chi connectivity index (χ3v) is 3.26. The Morgan fingerprint density at radius 1 is 0.947 bits per heavy atom. The van der Waals surface area contributed by atoms with Gasteiger partial charge in [-0.2, -0.15) is 0 Å². The highest BCUT2D eigenvalue weighted by Crippen LogP contribution is 2.10. The first kappa shape index (κ1) is 18.0. The first-order valence-electron chi connectivity index (χ1n) is 7.97. The highest BCUT2D eigenvalue weighted by molar-refractivity contribution is 5.75. The Labute approximate surface area is 119 Å². The number of carbonyl (C=O) groups excluding carboxylic acids is 1. The summed E-state index contributed by atoms with van der Waals surface area (Å²) in [6.45, 7) is 4.76. The maximum absolute atomic E-state index is 11.5. The second-order valence-electron chi connectivity index (χ2n) is 5.11. The summed E-state index contributed by atoms with van der Waals surface area (Å²) in [5.41, 5.74) is 0. The fourth-order valence-corrected chi connectivity index (χ4v) is 2.07.